The van der Waals surface area contributed by atoms with Gasteiger partial charge in [0, 0.05) is 6.04 Å². The van der Waals surface area contributed by atoms with Gasteiger partial charge in [-0.1, -0.05) is 54.6 Å². The standard InChI is InChI=1S/C15H15NO2/c16-14(10-15(17)18)13-9-5-4-8-12(13)11-6-2-1-3-7-11/h1-9,14H,10,16H2,(H,17,18)/t14-/m0/s1. The quantitative estimate of drug-likeness (QED) is 0.865. The number of hydrogen-bond donors (Lipinski definition) is 2. The van der Waals surface area contributed by atoms with Gasteiger partial charge < -0.3 is 10.8 Å². The second kappa shape index (κ2) is 5.47. The van der Waals surface area contributed by atoms with Gasteiger partial charge in [-0.3, -0.25) is 4.79 Å². The number of nitrogens with two attached hydrogens (primary N) is 1. The van der Waals surface area contributed by atoms with Crippen molar-refractivity contribution < 1.29 is 9.90 Å². The van der Waals surface area contributed by atoms with E-state index < -0.39 is 12.0 Å². The van der Waals surface area contributed by atoms with Crippen LogP contribution in [0.25, 0.3) is 11.1 Å². The van der Waals surface area contributed by atoms with Crippen LogP contribution in [0.1, 0.15) is 18.0 Å². The minimum absolute atomic E-state index is 0.0656. The van der Waals surface area contributed by atoms with Crippen LogP contribution in [0.5, 0.6) is 0 Å². The smallest absolute Gasteiger partial charge is 0.305 e. The molecular weight excluding hydrogens is 226 g/mol. The Bertz CT molecular complexity index is 537. The van der Waals surface area contributed by atoms with E-state index in [0.717, 1.165) is 16.7 Å². The van der Waals surface area contributed by atoms with Crippen molar-refractivity contribution in [3.05, 3.63) is 60.2 Å². The SMILES string of the molecule is N[C@@H](CC(=O)O)c1ccccc1-c1ccccc1. The van der Waals surface area contributed by atoms with Gasteiger partial charge in [0.25, 0.3) is 0 Å². The van der Waals surface area contributed by atoms with Gasteiger partial charge >= 0.3 is 5.97 Å². The first-order valence-corrected chi connectivity index (χ1v) is 5.80. The van der Waals surface area contributed by atoms with E-state index >= 15 is 0 Å². The molecule has 0 aliphatic rings. The lowest BCUT2D eigenvalue weighted by Crippen LogP contribution is -2.15. The number of aliphatic carboxylic acids is 1. The van der Waals surface area contributed by atoms with Crippen LogP contribution in [0.3, 0.4) is 0 Å². The molecule has 2 aromatic carbocycles. The first-order chi connectivity index (χ1) is 8.68. The number of rotatable bonds is 4. The fraction of sp³-hybridized carbons (Fsp3) is 0.133. The summed E-state index contributed by atoms with van der Waals surface area (Å²) < 4.78 is 0. The van der Waals surface area contributed by atoms with Crippen LogP contribution < -0.4 is 5.73 Å². The highest BCUT2D eigenvalue weighted by molar-refractivity contribution is 5.71. The predicted molar refractivity (Wildman–Crippen MR) is 71.1 cm³/mol. The van der Waals surface area contributed by atoms with E-state index in [1.165, 1.54) is 0 Å². The number of carboxylic acids is 1. The van der Waals surface area contributed by atoms with E-state index in [1.54, 1.807) is 0 Å². The van der Waals surface area contributed by atoms with Crippen molar-refractivity contribution in [2.45, 2.75) is 12.5 Å². The van der Waals surface area contributed by atoms with E-state index in [9.17, 15) is 4.79 Å². The highest BCUT2D eigenvalue weighted by Crippen LogP contribution is 2.28. The van der Waals surface area contributed by atoms with Crippen LogP contribution in [-0.4, -0.2) is 11.1 Å². The van der Waals surface area contributed by atoms with Crippen molar-refractivity contribution in [2.24, 2.45) is 5.73 Å². The van der Waals surface area contributed by atoms with Gasteiger partial charge in [0.1, 0.15) is 0 Å². The van der Waals surface area contributed by atoms with Crippen LogP contribution in [-0.2, 0) is 4.79 Å². The van der Waals surface area contributed by atoms with Crippen LogP contribution in [0.2, 0.25) is 0 Å². The van der Waals surface area contributed by atoms with Crippen LogP contribution in [0.15, 0.2) is 54.6 Å². The second-order valence-electron chi connectivity index (χ2n) is 4.16. The molecule has 3 nitrogen and oxygen atoms in total. The van der Waals surface area contributed by atoms with Gasteiger partial charge in [0.05, 0.1) is 6.42 Å². The Morgan fingerprint density at radius 1 is 1.06 bits per heavy atom. The third-order valence-electron chi connectivity index (χ3n) is 2.84. The monoisotopic (exact) mass is 241 g/mol. The van der Waals surface area contributed by atoms with E-state index in [-0.39, 0.29) is 6.42 Å². The lowest BCUT2D eigenvalue weighted by atomic mass is 9.94. The fourth-order valence-electron chi connectivity index (χ4n) is 2.00. The summed E-state index contributed by atoms with van der Waals surface area (Å²) in [5.74, 6) is -0.884. The number of carbonyl (C=O) groups is 1. The van der Waals surface area contributed by atoms with Crippen LogP contribution in [0.4, 0.5) is 0 Å². The molecule has 0 spiro atoms. The third kappa shape index (κ3) is 2.76. The topological polar surface area (TPSA) is 63.3 Å². The molecule has 0 aromatic heterocycles. The molecule has 0 unspecified atom stereocenters. The summed E-state index contributed by atoms with van der Waals surface area (Å²) in [6, 6.07) is 17.0. The maximum atomic E-state index is 10.8. The van der Waals surface area contributed by atoms with Crippen LogP contribution in [0, 0.1) is 0 Å². The molecule has 0 fully saturated rings. The highest BCUT2D eigenvalue weighted by atomic mass is 16.4. The van der Waals surface area contributed by atoms with E-state index in [0.29, 0.717) is 0 Å². The molecule has 0 saturated heterocycles. The zero-order chi connectivity index (χ0) is 13.0. The Balaban J connectivity index is 2.40. The van der Waals surface area contributed by atoms with Crippen molar-refractivity contribution in [1.82, 2.24) is 0 Å². The Morgan fingerprint density at radius 3 is 2.33 bits per heavy atom. The molecule has 0 radical (unpaired) electrons. The molecule has 1 atom stereocenters. The predicted octanol–water partition coefficient (Wildman–Crippen LogP) is 2.83. The summed E-state index contributed by atoms with van der Waals surface area (Å²) in [4.78, 5) is 10.8. The molecule has 0 aliphatic carbocycles. The summed E-state index contributed by atoms with van der Waals surface area (Å²) in [6.07, 6.45) is -0.0656. The molecule has 0 heterocycles. The maximum Gasteiger partial charge on any atom is 0.305 e. The minimum Gasteiger partial charge on any atom is -0.481 e. The average Bonchev–Trinajstić information content (AvgIpc) is 2.39. The number of hydrogen-bond acceptors (Lipinski definition) is 2. The van der Waals surface area contributed by atoms with E-state index in [1.807, 2.05) is 54.6 Å². The van der Waals surface area contributed by atoms with Crippen molar-refractivity contribution in [3.63, 3.8) is 0 Å². The van der Waals surface area contributed by atoms with Gasteiger partial charge in [-0.25, -0.2) is 0 Å². The van der Waals surface area contributed by atoms with E-state index in [4.69, 9.17) is 10.8 Å². The van der Waals surface area contributed by atoms with Crippen molar-refractivity contribution in [1.29, 1.82) is 0 Å². The third-order valence-corrected chi connectivity index (χ3v) is 2.84. The first-order valence-electron chi connectivity index (χ1n) is 5.80. The van der Waals surface area contributed by atoms with Crippen molar-refractivity contribution in [2.75, 3.05) is 0 Å². The molecule has 0 aliphatic heterocycles. The molecule has 0 amide bonds. The van der Waals surface area contributed by atoms with Crippen molar-refractivity contribution in [3.8, 4) is 11.1 Å². The Hall–Kier alpha value is -2.13. The zero-order valence-corrected chi connectivity index (χ0v) is 9.91. The van der Waals surface area contributed by atoms with Gasteiger partial charge in [0.2, 0.25) is 0 Å². The molecule has 0 bridgehead atoms. The summed E-state index contributed by atoms with van der Waals surface area (Å²) in [5, 5.41) is 8.83. The lowest BCUT2D eigenvalue weighted by molar-refractivity contribution is -0.137. The summed E-state index contributed by atoms with van der Waals surface area (Å²) >= 11 is 0. The molecule has 92 valence electrons. The Morgan fingerprint density at radius 2 is 1.67 bits per heavy atom. The fourth-order valence-corrected chi connectivity index (χ4v) is 2.00. The lowest BCUT2D eigenvalue weighted by Gasteiger charge is -2.15. The highest BCUT2D eigenvalue weighted by Gasteiger charge is 2.14. The molecule has 2 rings (SSSR count). The summed E-state index contributed by atoms with van der Waals surface area (Å²) in [6.45, 7) is 0. The average molecular weight is 241 g/mol. The van der Waals surface area contributed by atoms with Gasteiger partial charge in [-0.05, 0) is 16.7 Å². The Kier molecular flexibility index (Phi) is 3.75. The molecule has 2 aromatic rings. The number of benzene rings is 2. The summed E-state index contributed by atoms with van der Waals surface area (Å²) in [5.41, 5.74) is 8.86. The molecule has 0 saturated carbocycles. The second-order valence-corrected chi connectivity index (χ2v) is 4.16. The summed E-state index contributed by atoms with van der Waals surface area (Å²) in [7, 11) is 0. The van der Waals surface area contributed by atoms with E-state index in [2.05, 4.69) is 0 Å². The molecule has 3 N–H and O–H groups in total. The molecular formula is C15H15NO2. The van der Waals surface area contributed by atoms with Gasteiger partial charge in [0.15, 0.2) is 0 Å². The first kappa shape index (κ1) is 12.3. The molecule has 3 heteroatoms. The maximum absolute atomic E-state index is 10.8. The zero-order valence-electron chi connectivity index (χ0n) is 9.91. The van der Waals surface area contributed by atoms with Crippen molar-refractivity contribution >= 4 is 5.97 Å². The number of carboxylic acid groups (broad SMARTS) is 1. The molecule has 18 heavy (non-hydrogen) atoms. The van der Waals surface area contributed by atoms with Gasteiger partial charge in [-0.2, -0.15) is 0 Å². The van der Waals surface area contributed by atoms with Crippen LogP contribution >= 0.6 is 0 Å². The van der Waals surface area contributed by atoms with Gasteiger partial charge in [-0.15, -0.1) is 0 Å². The largest absolute Gasteiger partial charge is 0.481 e. The normalized spacial score (nSPS) is 12.1. The Labute approximate surface area is 106 Å². The minimum atomic E-state index is -0.884.